The van der Waals surface area contributed by atoms with E-state index in [1.807, 2.05) is 0 Å². The van der Waals surface area contributed by atoms with Gasteiger partial charge in [-0.25, -0.2) is 18.2 Å². The van der Waals surface area contributed by atoms with Crippen LogP contribution in [0.3, 0.4) is 0 Å². The van der Waals surface area contributed by atoms with E-state index in [-0.39, 0.29) is 0 Å². The molecule has 26 heavy (non-hydrogen) atoms. The fourth-order valence-electron chi connectivity index (χ4n) is 2.30. The van der Waals surface area contributed by atoms with Crippen LogP contribution in [0.5, 0.6) is 5.75 Å². The van der Waals surface area contributed by atoms with E-state index in [0.29, 0.717) is 40.1 Å². The normalized spacial score (nSPS) is 11.7. The van der Waals surface area contributed by atoms with Gasteiger partial charge in [0, 0.05) is 12.1 Å². The molecule has 0 bridgehead atoms. The first-order valence-corrected chi connectivity index (χ1v) is 8.34. The number of thiazole rings is 1. The Labute approximate surface area is 149 Å². The first-order valence-electron chi connectivity index (χ1n) is 7.52. The molecule has 0 aliphatic rings. The SMILES string of the molecule is C=CCCc1ccc2nc(C(F)(F)Oc3cc(F)c(F)c(F)c3)sc2c1. The third kappa shape index (κ3) is 3.70. The van der Waals surface area contributed by atoms with Crippen molar-refractivity contribution >= 4 is 21.6 Å². The predicted octanol–water partition coefficient (Wildman–Crippen LogP) is 5.96. The number of ether oxygens (including phenoxy) is 1. The third-order valence-electron chi connectivity index (χ3n) is 3.54. The number of aromatic nitrogens is 1. The molecule has 0 spiro atoms. The molecule has 136 valence electrons. The summed E-state index contributed by atoms with van der Waals surface area (Å²) in [5, 5.41) is -0.668. The standard InChI is InChI=1S/C18H12F5NOS/c1-2-3-4-10-5-6-14-15(7-10)26-17(24-14)18(22,23)25-11-8-12(19)16(21)13(20)9-11/h2,5-9H,1,3-4H2. The molecule has 0 radical (unpaired) electrons. The first kappa shape index (κ1) is 18.3. The number of halogens is 5. The lowest BCUT2D eigenvalue weighted by atomic mass is 10.1. The van der Waals surface area contributed by atoms with E-state index in [1.54, 1.807) is 24.3 Å². The molecule has 0 fully saturated rings. The smallest absolute Gasteiger partial charge is 0.427 e. The van der Waals surface area contributed by atoms with Crippen molar-refractivity contribution in [3.63, 3.8) is 0 Å². The molecule has 3 aromatic rings. The molecule has 0 unspecified atom stereocenters. The fraction of sp³-hybridized carbons (Fsp3) is 0.167. The molecular formula is C18H12F5NOS. The van der Waals surface area contributed by atoms with Crippen molar-refractivity contribution in [1.82, 2.24) is 4.98 Å². The average molecular weight is 385 g/mol. The van der Waals surface area contributed by atoms with E-state index >= 15 is 0 Å². The highest BCUT2D eigenvalue weighted by atomic mass is 32.1. The van der Waals surface area contributed by atoms with Crippen LogP contribution in [0.15, 0.2) is 43.0 Å². The van der Waals surface area contributed by atoms with Gasteiger partial charge < -0.3 is 4.74 Å². The summed E-state index contributed by atoms with van der Waals surface area (Å²) in [6.07, 6.45) is -0.710. The van der Waals surface area contributed by atoms with Crippen LogP contribution in [0.4, 0.5) is 22.0 Å². The van der Waals surface area contributed by atoms with Gasteiger partial charge in [0.05, 0.1) is 10.2 Å². The van der Waals surface area contributed by atoms with Gasteiger partial charge >= 0.3 is 6.11 Å². The third-order valence-corrected chi connectivity index (χ3v) is 4.61. The van der Waals surface area contributed by atoms with Crippen LogP contribution < -0.4 is 4.74 Å². The quantitative estimate of drug-likeness (QED) is 0.297. The van der Waals surface area contributed by atoms with E-state index in [9.17, 15) is 22.0 Å². The van der Waals surface area contributed by atoms with Crippen molar-refractivity contribution in [2.45, 2.75) is 19.0 Å². The minimum atomic E-state index is -3.93. The molecule has 2 aromatic carbocycles. The Kier molecular flexibility index (Phi) is 4.95. The maximum absolute atomic E-state index is 14.3. The molecular weight excluding hydrogens is 373 g/mol. The maximum atomic E-state index is 14.3. The van der Waals surface area contributed by atoms with Crippen LogP contribution in [-0.4, -0.2) is 4.98 Å². The molecule has 1 aromatic heterocycles. The van der Waals surface area contributed by atoms with E-state index in [0.717, 1.165) is 12.0 Å². The Morgan fingerprint density at radius 1 is 1.12 bits per heavy atom. The molecule has 0 atom stereocenters. The van der Waals surface area contributed by atoms with Crippen LogP contribution in [0.25, 0.3) is 10.2 Å². The Bertz CT molecular complexity index is 946. The van der Waals surface area contributed by atoms with Crippen molar-refractivity contribution in [3.05, 3.63) is 71.0 Å². The average Bonchev–Trinajstić information content (AvgIpc) is 3.01. The van der Waals surface area contributed by atoms with Gasteiger partial charge in [-0.15, -0.1) is 17.9 Å². The number of rotatable bonds is 6. The van der Waals surface area contributed by atoms with Crippen LogP contribution in [-0.2, 0) is 12.5 Å². The lowest BCUT2D eigenvalue weighted by Crippen LogP contribution is -2.21. The summed E-state index contributed by atoms with van der Waals surface area (Å²) in [6.45, 7) is 3.63. The second-order valence-corrected chi connectivity index (χ2v) is 6.50. The summed E-state index contributed by atoms with van der Waals surface area (Å²) in [5.41, 5.74) is 1.30. The molecule has 0 aliphatic carbocycles. The zero-order valence-corrected chi connectivity index (χ0v) is 14.1. The van der Waals surface area contributed by atoms with Gasteiger partial charge in [0.25, 0.3) is 0 Å². The highest BCUT2D eigenvalue weighted by Gasteiger charge is 2.39. The zero-order chi connectivity index (χ0) is 18.9. The van der Waals surface area contributed by atoms with Gasteiger partial charge in [0.15, 0.2) is 17.5 Å². The van der Waals surface area contributed by atoms with Crippen molar-refractivity contribution in [3.8, 4) is 5.75 Å². The first-order chi connectivity index (χ1) is 12.3. The fourth-order valence-corrected chi connectivity index (χ4v) is 3.24. The van der Waals surface area contributed by atoms with Gasteiger partial charge in [-0.05, 0) is 30.5 Å². The molecule has 1 heterocycles. The number of allylic oxidation sites excluding steroid dienone is 1. The zero-order valence-electron chi connectivity index (χ0n) is 13.2. The number of hydrogen-bond donors (Lipinski definition) is 0. The summed E-state index contributed by atoms with van der Waals surface area (Å²) in [4.78, 5) is 3.83. The van der Waals surface area contributed by atoms with Crippen molar-refractivity contribution in [2.24, 2.45) is 0 Å². The number of hydrogen-bond acceptors (Lipinski definition) is 3. The lowest BCUT2D eigenvalue weighted by Gasteiger charge is -2.15. The Morgan fingerprint density at radius 3 is 2.46 bits per heavy atom. The summed E-state index contributed by atoms with van der Waals surface area (Å²) in [7, 11) is 0. The van der Waals surface area contributed by atoms with E-state index in [4.69, 9.17) is 0 Å². The summed E-state index contributed by atoms with van der Waals surface area (Å²) in [5.74, 6) is -5.83. The lowest BCUT2D eigenvalue weighted by molar-refractivity contribution is -0.185. The molecule has 0 amide bonds. The molecule has 0 N–H and O–H groups in total. The topological polar surface area (TPSA) is 22.1 Å². The van der Waals surface area contributed by atoms with Crippen molar-refractivity contribution in [2.75, 3.05) is 0 Å². The minimum Gasteiger partial charge on any atom is -0.427 e. The highest BCUT2D eigenvalue weighted by molar-refractivity contribution is 7.18. The molecule has 2 nitrogen and oxygen atoms in total. The Hall–Kier alpha value is -2.48. The minimum absolute atomic E-state index is 0.354. The van der Waals surface area contributed by atoms with Crippen molar-refractivity contribution in [1.29, 1.82) is 0 Å². The number of alkyl halides is 2. The van der Waals surface area contributed by atoms with Gasteiger partial charge in [-0.3, -0.25) is 0 Å². The molecule has 3 rings (SSSR count). The number of aryl methyl sites for hydroxylation is 1. The van der Waals surface area contributed by atoms with Gasteiger partial charge in [0.2, 0.25) is 5.01 Å². The van der Waals surface area contributed by atoms with Crippen molar-refractivity contribution < 1.29 is 26.7 Å². The van der Waals surface area contributed by atoms with Gasteiger partial charge in [-0.2, -0.15) is 8.78 Å². The highest BCUT2D eigenvalue weighted by Crippen LogP contribution is 2.37. The van der Waals surface area contributed by atoms with Crippen LogP contribution >= 0.6 is 11.3 Å². The summed E-state index contributed by atoms with van der Waals surface area (Å²) >= 11 is 0.709. The largest absolute Gasteiger partial charge is 0.454 e. The van der Waals surface area contributed by atoms with Gasteiger partial charge in [-0.1, -0.05) is 12.1 Å². The number of fused-ring (bicyclic) bond motifs is 1. The summed E-state index contributed by atoms with van der Waals surface area (Å²) in [6, 6.07) is 5.84. The van der Waals surface area contributed by atoms with E-state index in [2.05, 4.69) is 16.3 Å². The molecule has 0 aliphatic heterocycles. The molecule has 0 saturated carbocycles. The van der Waals surface area contributed by atoms with Gasteiger partial charge in [0.1, 0.15) is 5.75 Å². The number of nitrogens with zero attached hydrogens (tertiary/aromatic N) is 1. The predicted molar refractivity (Wildman–Crippen MR) is 89.0 cm³/mol. The monoisotopic (exact) mass is 385 g/mol. The maximum Gasteiger partial charge on any atom is 0.454 e. The Balaban J connectivity index is 1.89. The second-order valence-electron chi connectivity index (χ2n) is 5.47. The molecule has 0 saturated heterocycles. The van der Waals surface area contributed by atoms with E-state index in [1.165, 1.54) is 0 Å². The molecule has 8 heteroatoms. The van der Waals surface area contributed by atoms with Crippen LogP contribution in [0.1, 0.15) is 17.0 Å². The summed E-state index contributed by atoms with van der Waals surface area (Å²) < 4.78 is 72.8. The van der Waals surface area contributed by atoms with E-state index < -0.39 is 34.3 Å². The van der Waals surface area contributed by atoms with Crippen LogP contribution in [0.2, 0.25) is 0 Å². The second kappa shape index (κ2) is 7.03. The van der Waals surface area contributed by atoms with Crippen LogP contribution in [0, 0.1) is 17.5 Å². The number of benzene rings is 2. The Morgan fingerprint density at radius 2 is 1.81 bits per heavy atom.